The van der Waals surface area contributed by atoms with Gasteiger partial charge < -0.3 is 0 Å². The fraction of sp³-hybridized carbons (Fsp3) is 0. The lowest BCUT2D eigenvalue weighted by molar-refractivity contribution is -0.104. The minimum Gasteiger partial charge on any atom is -0.299 e. The number of allylic oxidation sites excluding steroid dienone is 1. The van der Waals surface area contributed by atoms with Crippen molar-refractivity contribution in [2.24, 2.45) is 0 Å². The topological polar surface area (TPSA) is 30.0 Å². The monoisotopic (exact) mass is 217 g/mol. The Kier molecular flexibility index (Phi) is 2.79. The van der Waals surface area contributed by atoms with Crippen LogP contribution < -0.4 is 0 Å². The predicted octanol–water partition coefficient (Wildman–Crippen LogP) is 3.10. The molecule has 0 aliphatic heterocycles. The highest BCUT2D eigenvalue weighted by Gasteiger charge is 1.99. The van der Waals surface area contributed by atoms with Crippen molar-refractivity contribution in [3.05, 3.63) is 47.1 Å². The molecule has 0 bridgehead atoms. The molecule has 3 heteroatoms. The Balaban J connectivity index is 2.59. The van der Waals surface area contributed by atoms with Crippen molar-refractivity contribution < 1.29 is 4.79 Å². The summed E-state index contributed by atoms with van der Waals surface area (Å²) in [5.41, 5.74) is 1.79. The first-order valence-electron chi connectivity index (χ1n) is 4.47. The highest BCUT2D eigenvalue weighted by molar-refractivity contribution is 6.35. The van der Waals surface area contributed by atoms with Crippen molar-refractivity contribution in [3.8, 4) is 0 Å². The average molecular weight is 218 g/mol. The van der Waals surface area contributed by atoms with Crippen LogP contribution in [0.2, 0.25) is 5.02 Å². The number of fused-ring (bicyclic) bond motifs is 1. The highest BCUT2D eigenvalue weighted by Crippen LogP contribution is 2.22. The molecule has 0 spiro atoms. The van der Waals surface area contributed by atoms with Gasteiger partial charge in [-0.3, -0.25) is 9.78 Å². The molecular weight excluding hydrogens is 210 g/mol. The van der Waals surface area contributed by atoms with E-state index in [1.165, 1.54) is 6.08 Å². The van der Waals surface area contributed by atoms with Crippen LogP contribution in [0.3, 0.4) is 0 Å². The van der Waals surface area contributed by atoms with E-state index in [0.717, 1.165) is 22.8 Å². The Morgan fingerprint density at radius 2 is 2.13 bits per heavy atom. The third kappa shape index (κ3) is 2.05. The Bertz CT molecular complexity index is 534. The second-order valence-corrected chi connectivity index (χ2v) is 3.47. The lowest BCUT2D eigenvalue weighted by Gasteiger charge is -2.00. The summed E-state index contributed by atoms with van der Waals surface area (Å²) in [6, 6.07) is 7.43. The summed E-state index contributed by atoms with van der Waals surface area (Å²) in [6.07, 6.45) is 5.60. The molecule has 0 N–H and O–H groups in total. The molecule has 0 saturated heterocycles. The number of halogens is 1. The molecule has 1 heterocycles. The number of aldehydes is 1. The van der Waals surface area contributed by atoms with E-state index < -0.39 is 0 Å². The minimum atomic E-state index is 0.668. The van der Waals surface area contributed by atoms with Crippen LogP contribution in [0, 0.1) is 0 Å². The van der Waals surface area contributed by atoms with Crippen LogP contribution in [0.25, 0.3) is 17.0 Å². The van der Waals surface area contributed by atoms with Gasteiger partial charge in [0.2, 0.25) is 0 Å². The van der Waals surface area contributed by atoms with Crippen LogP contribution in [-0.4, -0.2) is 11.3 Å². The number of carbonyl (C=O) groups is 1. The number of rotatable bonds is 2. The maximum absolute atomic E-state index is 10.2. The fourth-order valence-electron chi connectivity index (χ4n) is 1.38. The van der Waals surface area contributed by atoms with Gasteiger partial charge >= 0.3 is 0 Å². The fourth-order valence-corrected chi connectivity index (χ4v) is 1.59. The molecule has 0 radical (unpaired) electrons. The SMILES string of the molecule is O=CC=Cc1ccc2nccc(Cl)c2c1. The quantitative estimate of drug-likeness (QED) is 0.572. The first kappa shape index (κ1) is 9.87. The number of carbonyl (C=O) groups excluding carboxylic acids is 1. The Morgan fingerprint density at radius 1 is 1.27 bits per heavy atom. The summed E-state index contributed by atoms with van der Waals surface area (Å²) in [5, 5.41) is 1.56. The van der Waals surface area contributed by atoms with Gasteiger partial charge in [0.1, 0.15) is 6.29 Å². The van der Waals surface area contributed by atoms with Crippen molar-refractivity contribution in [1.29, 1.82) is 0 Å². The summed E-state index contributed by atoms with van der Waals surface area (Å²) in [6.45, 7) is 0. The van der Waals surface area contributed by atoms with Crippen LogP contribution in [0.15, 0.2) is 36.5 Å². The third-order valence-electron chi connectivity index (χ3n) is 2.08. The van der Waals surface area contributed by atoms with Crippen LogP contribution >= 0.6 is 11.6 Å². The van der Waals surface area contributed by atoms with Gasteiger partial charge in [-0.2, -0.15) is 0 Å². The standard InChI is InChI=1S/C12H8ClNO/c13-11-5-6-14-12-4-3-9(2-1-7-15)8-10(11)12/h1-8H. The molecule has 0 amide bonds. The summed E-state index contributed by atoms with van der Waals surface area (Å²) < 4.78 is 0. The van der Waals surface area contributed by atoms with E-state index in [-0.39, 0.29) is 0 Å². The minimum absolute atomic E-state index is 0.668. The zero-order valence-corrected chi connectivity index (χ0v) is 8.61. The van der Waals surface area contributed by atoms with Gasteiger partial charge in [0.25, 0.3) is 0 Å². The van der Waals surface area contributed by atoms with Crippen LogP contribution in [-0.2, 0) is 4.79 Å². The lowest BCUT2D eigenvalue weighted by atomic mass is 10.1. The molecule has 0 fully saturated rings. The molecule has 2 nitrogen and oxygen atoms in total. The van der Waals surface area contributed by atoms with Gasteiger partial charge in [-0.05, 0) is 29.8 Å². The zero-order chi connectivity index (χ0) is 10.7. The predicted molar refractivity (Wildman–Crippen MR) is 61.9 cm³/mol. The second kappa shape index (κ2) is 4.24. The zero-order valence-electron chi connectivity index (χ0n) is 7.85. The van der Waals surface area contributed by atoms with E-state index in [1.54, 1.807) is 18.3 Å². The molecule has 0 saturated carbocycles. The molecule has 0 unspecified atom stereocenters. The van der Waals surface area contributed by atoms with E-state index in [1.807, 2.05) is 18.2 Å². The van der Waals surface area contributed by atoms with Gasteiger partial charge in [0, 0.05) is 11.6 Å². The number of nitrogens with zero attached hydrogens (tertiary/aromatic N) is 1. The van der Waals surface area contributed by atoms with E-state index >= 15 is 0 Å². The van der Waals surface area contributed by atoms with Crippen LogP contribution in [0.1, 0.15) is 5.56 Å². The first-order valence-corrected chi connectivity index (χ1v) is 4.85. The molecule has 2 rings (SSSR count). The normalized spacial score (nSPS) is 11.0. The number of hydrogen-bond donors (Lipinski definition) is 0. The average Bonchev–Trinajstić information content (AvgIpc) is 2.27. The van der Waals surface area contributed by atoms with Gasteiger partial charge in [0.15, 0.2) is 0 Å². The van der Waals surface area contributed by atoms with Gasteiger partial charge in [0.05, 0.1) is 10.5 Å². The van der Waals surface area contributed by atoms with Crippen molar-refractivity contribution in [1.82, 2.24) is 4.98 Å². The molecule has 1 aromatic heterocycles. The maximum atomic E-state index is 10.2. The Labute approximate surface area is 92.2 Å². The van der Waals surface area contributed by atoms with Crippen molar-refractivity contribution in [2.45, 2.75) is 0 Å². The summed E-state index contributed by atoms with van der Waals surface area (Å²) in [7, 11) is 0. The van der Waals surface area contributed by atoms with Crippen molar-refractivity contribution in [3.63, 3.8) is 0 Å². The van der Waals surface area contributed by atoms with Crippen molar-refractivity contribution in [2.75, 3.05) is 0 Å². The van der Waals surface area contributed by atoms with E-state index in [9.17, 15) is 4.79 Å². The summed E-state index contributed by atoms with van der Waals surface area (Å²) in [4.78, 5) is 14.4. The number of aromatic nitrogens is 1. The summed E-state index contributed by atoms with van der Waals surface area (Å²) in [5.74, 6) is 0. The first-order chi connectivity index (χ1) is 7.31. The van der Waals surface area contributed by atoms with E-state index in [4.69, 9.17) is 11.6 Å². The van der Waals surface area contributed by atoms with Crippen LogP contribution in [0.5, 0.6) is 0 Å². The van der Waals surface area contributed by atoms with Crippen molar-refractivity contribution >= 4 is 34.9 Å². The Hall–Kier alpha value is -1.67. The van der Waals surface area contributed by atoms with Gasteiger partial charge in [-0.1, -0.05) is 23.7 Å². The third-order valence-corrected chi connectivity index (χ3v) is 2.41. The molecular formula is C12H8ClNO. The van der Waals surface area contributed by atoms with E-state index in [0.29, 0.717) is 5.02 Å². The number of pyridine rings is 1. The second-order valence-electron chi connectivity index (χ2n) is 3.06. The maximum Gasteiger partial charge on any atom is 0.142 e. The molecule has 1 aromatic carbocycles. The molecule has 74 valence electrons. The molecule has 0 aliphatic rings. The van der Waals surface area contributed by atoms with E-state index in [2.05, 4.69) is 4.98 Å². The molecule has 0 aliphatic carbocycles. The Morgan fingerprint density at radius 3 is 2.93 bits per heavy atom. The lowest BCUT2D eigenvalue weighted by Crippen LogP contribution is -1.80. The number of benzene rings is 1. The number of hydrogen-bond acceptors (Lipinski definition) is 2. The smallest absolute Gasteiger partial charge is 0.142 e. The summed E-state index contributed by atoms with van der Waals surface area (Å²) >= 11 is 6.03. The van der Waals surface area contributed by atoms with Gasteiger partial charge in [-0.15, -0.1) is 0 Å². The van der Waals surface area contributed by atoms with Gasteiger partial charge in [-0.25, -0.2) is 0 Å². The molecule has 15 heavy (non-hydrogen) atoms. The van der Waals surface area contributed by atoms with Crippen LogP contribution in [0.4, 0.5) is 0 Å². The molecule has 0 atom stereocenters. The largest absolute Gasteiger partial charge is 0.299 e. The highest BCUT2D eigenvalue weighted by atomic mass is 35.5. The molecule has 2 aromatic rings.